The maximum atomic E-state index is 12.6. The van der Waals surface area contributed by atoms with Gasteiger partial charge in [0.1, 0.15) is 17.1 Å². The summed E-state index contributed by atoms with van der Waals surface area (Å²) in [6.07, 6.45) is 0. The molecule has 6 nitrogen and oxygen atoms in total. The molecule has 0 spiro atoms. The Kier molecular flexibility index (Phi) is 5.30. The van der Waals surface area contributed by atoms with Crippen LogP contribution < -0.4 is 24.3 Å². The van der Waals surface area contributed by atoms with Crippen molar-refractivity contribution >= 4 is 11.6 Å². The molecule has 23 heavy (non-hydrogen) atoms. The number of hydrogen-bond acceptors (Lipinski definition) is 5. The molecule has 122 valence electrons. The van der Waals surface area contributed by atoms with Crippen LogP contribution in [-0.4, -0.2) is 34.3 Å². The molecule has 0 saturated carbocycles. The molecule has 0 bridgehead atoms. The highest BCUT2D eigenvalue weighted by Crippen LogP contribution is 2.32. The Bertz CT molecular complexity index is 677. The molecule has 2 aromatic rings. The van der Waals surface area contributed by atoms with Crippen LogP contribution in [0.1, 0.15) is 10.4 Å². The summed E-state index contributed by atoms with van der Waals surface area (Å²) in [4.78, 5) is 12.6. The Morgan fingerprint density at radius 2 is 1.35 bits per heavy atom. The third-order valence-electron chi connectivity index (χ3n) is 3.30. The average Bonchev–Trinajstić information content (AvgIpc) is 2.60. The monoisotopic (exact) mass is 317 g/mol. The van der Waals surface area contributed by atoms with Crippen molar-refractivity contribution in [2.24, 2.45) is 0 Å². The fourth-order valence-electron chi connectivity index (χ4n) is 2.18. The summed E-state index contributed by atoms with van der Waals surface area (Å²) >= 11 is 0. The fraction of sp³-hybridized carbons (Fsp3) is 0.235. The topological polar surface area (TPSA) is 66.0 Å². The molecule has 0 aliphatic heterocycles. The summed E-state index contributed by atoms with van der Waals surface area (Å²) in [6.45, 7) is 0. The van der Waals surface area contributed by atoms with Gasteiger partial charge in [0.25, 0.3) is 5.91 Å². The minimum absolute atomic E-state index is 0.326. The molecule has 2 rings (SSSR count). The lowest BCUT2D eigenvalue weighted by atomic mass is 10.1. The zero-order valence-corrected chi connectivity index (χ0v) is 13.5. The van der Waals surface area contributed by atoms with Crippen molar-refractivity contribution in [3.8, 4) is 23.0 Å². The van der Waals surface area contributed by atoms with Crippen LogP contribution in [0.25, 0.3) is 0 Å². The highest BCUT2D eigenvalue weighted by Gasteiger charge is 2.18. The van der Waals surface area contributed by atoms with Gasteiger partial charge < -0.3 is 24.3 Å². The normalized spacial score (nSPS) is 9.91. The van der Waals surface area contributed by atoms with Crippen LogP contribution in [0.3, 0.4) is 0 Å². The van der Waals surface area contributed by atoms with Gasteiger partial charge in [-0.05, 0) is 24.3 Å². The van der Waals surface area contributed by atoms with Gasteiger partial charge in [-0.2, -0.15) is 0 Å². The molecular weight excluding hydrogens is 298 g/mol. The van der Waals surface area contributed by atoms with Crippen LogP contribution in [-0.2, 0) is 0 Å². The smallest absolute Gasteiger partial charge is 0.263 e. The predicted octanol–water partition coefficient (Wildman–Crippen LogP) is 2.97. The Morgan fingerprint density at radius 1 is 0.783 bits per heavy atom. The van der Waals surface area contributed by atoms with Crippen molar-refractivity contribution in [2.75, 3.05) is 33.8 Å². The van der Waals surface area contributed by atoms with E-state index in [2.05, 4.69) is 5.32 Å². The van der Waals surface area contributed by atoms with Gasteiger partial charge in [0, 0.05) is 11.8 Å². The largest absolute Gasteiger partial charge is 0.496 e. The molecule has 0 saturated heterocycles. The second-order valence-electron chi connectivity index (χ2n) is 4.56. The van der Waals surface area contributed by atoms with Gasteiger partial charge in [-0.1, -0.05) is 6.07 Å². The summed E-state index contributed by atoms with van der Waals surface area (Å²) in [7, 11) is 6.09. The first-order valence-corrected chi connectivity index (χ1v) is 6.89. The molecule has 0 radical (unpaired) electrons. The molecule has 2 aromatic carbocycles. The van der Waals surface area contributed by atoms with E-state index in [0.29, 0.717) is 34.2 Å². The molecule has 0 unspecified atom stereocenters. The van der Waals surface area contributed by atoms with Crippen LogP contribution in [0.2, 0.25) is 0 Å². The van der Waals surface area contributed by atoms with Gasteiger partial charge in [-0.25, -0.2) is 0 Å². The van der Waals surface area contributed by atoms with Gasteiger partial charge in [-0.15, -0.1) is 0 Å². The highest BCUT2D eigenvalue weighted by atomic mass is 16.5. The molecule has 0 aromatic heterocycles. The van der Waals surface area contributed by atoms with Crippen molar-refractivity contribution in [1.29, 1.82) is 0 Å². The third kappa shape index (κ3) is 3.48. The first-order valence-electron chi connectivity index (χ1n) is 6.89. The Hall–Kier alpha value is -2.89. The lowest BCUT2D eigenvalue weighted by molar-refractivity contribution is 0.102. The highest BCUT2D eigenvalue weighted by molar-refractivity contribution is 6.08. The van der Waals surface area contributed by atoms with Crippen LogP contribution in [0.15, 0.2) is 36.4 Å². The van der Waals surface area contributed by atoms with Crippen LogP contribution in [0.5, 0.6) is 23.0 Å². The first kappa shape index (κ1) is 16.5. The molecule has 6 heteroatoms. The van der Waals surface area contributed by atoms with E-state index >= 15 is 0 Å². The number of amides is 1. The van der Waals surface area contributed by atoms with E-state index in [-0.39, 0.29) is 5.91 Å². The number of hydrogen-bond donors (Lipinski definition) is 1. The number of methoxy groups -OCH3 is 4. The summed E-state index contributed by atoms with van der Waals surface area (Å²) < 4.78 is 20.9. The number of nitrogens with one attached hydrogen (secondary N) is 1. The number of benzene rings is 2. The maximum Gasteiger partial charge on any atom is 0.263 e. The number of carbonyl (C=O) groups is 1. The van der Waals surface area contributed by atoms with E-state index in [9.17, 15) is 4.79 Å². The van der Waals surface area contributed by atoms with Gasteiger partial charge in [0.05, 0.1) is 28.4 Å². The molecule has 1 N–H and O–H groups in total. The van der Waals surface area contributed by atoms with Gasteiger partial charge in [0.2, 0.25) is 0 Å². The number of ether oxygens (including phenoxy) is 4. The lowest BCUT2D eigenvalue weighted by Crippen LogP contribution is -2.14. The number of rotatable bonds is 6. The Morgan fingerprint density at radius 3 is 1.87 bits per heavy atom. The summed E-state index contributed by atoms with van der Waals surface area (Å²) in [6, 6.07) is 10.3. The van der Waals surface area contributed by atoms with E-state index in [1.807, 2.05) is 0 Å². The van der Waals surface area contributed by atoms with Crippen molar-refractivity contribution < 1.29 is 23.7 Å². The standard InChI is InChI=1S/C17H19NO5/c1-20-12-9-8-11(10-15(12)23-4)18-17(19)16-13(21-2)6-5-7-14(16)22-3/h5-10H,1-4H3,(H,18,19). The Balaban J connectivity index is 2.33. The van der Waals surface area contributed by atoms with E-state index < -0.39 is 0 Å². The predicted molar refractivity (Wildman–Crippen MR) is 87.0 cm³/mol. The van der Waals surface area contributed by atoms with Gasteiger partial charge in [0.15, 0.2) is 11.5 Å². The van der Waals surface area contributed by atoms with E-state index in [0.717, 1.165) is 0 Å². The summed E-state index contributed by atoms with van der Waals surface area (Å²) in [5.74, 6) is 1.63. The SMILES string of the molecule is COc1ccc(NC(=O)c2c(OC)cccc2OC)cc1OC. The maximum absolute atomic E-state index is 12.6. The second kappa shape index (κ2) is 7.40. The number of carbonyl (C=O) groups excluding carboxylic acids is 1. The zero-order valence-electron chi connectivity index (χ0n) is 13.5. The van der Waals surface area contributed by atoms with E-state index in [4.69, 9.17) is 18.9 Å². The van der Waals surface area contributed by atoms with Crippen LogP contribution >= 0.6 is 0 Å². The van der Waals surface area contributed by atoms with Gasteiger partial charge in [-0.3, -0.25) is 4.79 Å². The number of anilines is 1. The average molecular weight is 317 g/mol. The molecule has 1 amide bonds. The summed E-state index contributed by atoms with van der Waals surface area (Å²) in [5.41, 5.74) is 0.896. The minimum atomic E-state index is -0.341. The Labute approximate surface area is 134 Å². The van der Waals surface area contributed by atoms with E-state index in [1.165, 1.54) is 21.3 Å². The van der Waals surface area contributed by atoms with Crippen LogP contribution in [0, 0.1) is 0 Å². The quantitative estimate of drug-likeness (QED) is 0.887. The van der Waals surface area contributed by atoms with Crippen molar-refractivity contribution in [1.82, 2.24) is 0 Å². The first-order chi connectivity index (χ1) is 11.1. The van der Waals surface area contributed by atoms with Gasteiger partial charge >= 0.3 is 0 Å². The molecule has 0 heterocycles. The van der Waals surface area contributed by atoms with Crippen molar-refractivity contribution in [3.63, 3.8) is 0 Å². The zero-order chi connectivity index (χ0) is 16.8. The molecular formula is C17H19NO5. The van der Waals surface area contributed by atoms with Crippen molar-refractivity contribution in [3.05, 3.63) is 42.0 Å². The second-order valence-corrected chi connectivity index (χ2v) is 4.56. The minimum Gasteiger partial charge on any atom is -0.496 e. The fourth-order valence-corrected chi connectivity index (χ4v) is 2.18. The lowest BCUT2D eigenvalue weighted by Gasteiger charge is -2.14. The molecule has 0 aliphatic carbocycles. The molecule has 0 atom stereocenters. The van der Waals surface area contributed by atoms with Crippen LogP contribution in [0.4, 0.5) is 5.69 Å². The molecule has 0 aliphatic rings. The van der Waals surface area contributed by atoms with Crippen molar-refractivity contribution in [2.45, 2.75) is 0 Å². The molecule has 0 fully saturated rings. The summed E-state index contributed by atoms with van der Waals surface area (Å²) in [5, 5.41) is 2.80. The third-order valence-corrected chi connectivity index (χ3v) is 3.30. The van der Waals surface area contributed by atoms with E-state index in [1.54, 1.807) is 43.5 Å².